The Morgan fingerprint density at radius 2 is 2.08 bits per heavy atom. The maximum Gasteiger partial charge on any atom is 0.281 e. The average molecular weight is 364 g/mol. The van der Waals surface area contributed by atoms with Crippen molar-refractivity contribution in [1.82, 2.24) is 28.4 Å². The topological polar surface area (TPSA) is 84.2 Å². The zero-order valence-corrected chi connectivity index (χ0v) is 15.6. The molecule has 0 aromatic carbocycles. The molecule has 3 rings (SSSR count). The molecule has 9 heteroatoms. The van der Waals surface area contributed by atoms with Crippen molar-refractivity contribution in [3.8, 4) is 11.4 Å². The van der Waals surface area contributed by atoms with Crippen LogP contribution in [0.5, 0.6) is 0 Å². The minimum absolute atomic E-state index is 0.0705. The summed E-state index contributed by atoms with van der Waals surface area (Å²) in [6.45, 7) is 3.80. The van der Waals surface area contributed by atoms with Crippen LogP contribution in [0, 0.1) is 0 Å². The lowest BCUT2D eigenvalue weighted by atomic mass is 9.96. The third-order valence-corrected chi connectivity index (χ3v) is 6.45. The molecule has 1 fully saturated rings. The van der Waals surface area contributed by atoms with Crippen LogP contribution < -0.4 is 0 Å². The Kier molecular flexibility index (Phi) is 5.16. The first kappa shape index (κ1) is 18.0. The van der Waals surface area contributed by atoms with Gasteiger partial charge in [-0.2, -0.15) is 22.1 Å². The number of aryl methyl sites for hydroxylation is 1. The van der Waals surface area contributed by atoms with Crippen molar-refractivity contribution in [1.29, 1.82) is 0 Å². The molecule has 1 aliphatic rings. The summed E-state index contributed by atoms with van der Waals surface area (Å²) < 4.78 is 29.4. The third kappa shape index (κ3) is 3.58. The van der Waals surface area contributed by atoms with E-state index in [9.17, 15) is 8.42 Å². The first-order valence-corrected chi connectivity index (χ1v) is 9.85. The summed E-state index contributed by atoms with van der Waals surface area (Å²) in [5.41, 5.74) is 2.55. The number of aromatic nitrogens is 4. The van der Waals surface area contributed by atoms with Gasteiger partial charge in [-0.05, 0) is 25.8 Å². The maximum absolute atomic E-state index is 12.3. The van der Waals surface area contributed by atoms with Crippen molar-refractivity contribution in [2.45, 2.75) is 32.2 Å². The lowest BCUT2D eigenvalue weighted by molar-refractivity contribution is 0.296. The number of hydrogen-bond donors (Lipinski definition) is 0. The van der Waals surface area contributed by atoms with Crippen molar-refractivity contribution in [2.75, 3.05) is 27.2 Å². The van der Waals surface area contributed by atoms with Crippen LogP contribution in [0.2, 0.25) is 0 Å². The second kappa shape index (κ2) is 7.19. The lowest BCUT2D eigenvalue weighted by Crippen LogP contribution is -2.45. The standard InChI is InChI=1S/C16H24N6O2S/c1-4-22-16(7-8-19-22)15-11-17-14(10-18-15)13-6-5-9-21(12-13)25(23,24)20(2)3/h7-8,10-11,13H,4-6,9,12H2,1-3H3/t13-/m0/s1. The zero-order chi connectivity index (χ0) is 18.0. The molecule has 8 nitrogen and oxygen atoms in total. The molecule has 136 valence electrons. The van der Waals surface area contributed by atoms with E-state index >= 15 is 0 Å². The molecule has 0 amide bonds. The summed E-state index contributed by atoms with van der Waals surface area (Å²) in [5.74, 6) is 0.0705. The van der Waals surface area contributed by atoms with Gasteiger partial charge in [-0.1, -0.05) is 0 Å². The largest absolute Gasteiger partial charge is 0.281 e. The molecule has 0 aliphatic carbocycles. The molecule has 0 N–H and O–H groups in total. The van der Waals surface area contributed by atoms with Gasteiger partial charge in [-0.25, -0.2) is 0 Å². The van der Waals surface area contributed by atoms with Gasteiger partial charge in [-0.15, -0.1) is 0 Å². The molecule has 0 unspecified atom stereocenters. The molecule has 0 saturated carbocycles. The van der Waals surface area contributed by atoms with E-state index in [1.54, 1.807) is 32.7 Å². The second-order valence-corrected chi connectivity index (χ2v) is 8.49. The van der Waals surface area contributed by atoms with Crippen molar-refractivity contribution >= 4 is 10.2 Å². The van der Waals surface area contributed by atoms with Crippen LogP contribution in [0.1, 0.15) is 31.4 Å². The van der Waals surface area contributed by atoms with Crippen LogP contribution in [0.25, 0.3) is 11.4 Å². The molecule has 3 heterocycles. The van der Waals surface area contributed by atoms with Gasteiger partial charge in [-0.3, -0.25) is 14.6 Å². The van der Waals surface area contributed by atoms with E-state index in [0.717, 1.165) is 36.5 Å². The smallest absolute Gasteiger partial charge is 0.264 e. The van der Waals surface area contributed by atoms with Gasteiger partial charge in [0, 0.05) is 52.0 Å². The molecule has 25 heavy (non-hydrogen) atoms. The van der Waals surface area contributed by atoms with Gasteiger partial charge >= 0.3 is 0 Å². The highest BCUT2D eigenvalue weighted by atomic mass is 32.2. The van der Waals surface area contributed by atoms with Crippen molar-refractivity contribution in [3.05, 3.63) is 30.4 Å². The van der Waals surface area contributed by atoms with E-state index in [0.29, 0.717) is 13.1 Å². The number of rotatable bonds is 5. The zero-order valence-electron chi connectivity index (χ0n) is 14.8. The highest BCUT2D eigenvalue weighted by Crippen LogP contribution is 2.28. The van der Waals surface area contributed by atoms with Gasteiger partial charge in [0.15, 0.2) is 0 Å². The normalized spacial score (nSPS) is 19.4. The Bertz CT molecular complexity index is 815. The predicted molar refractivity (Wildman–Crippen MR) is 95.1 cm³/mol. The van der Waals surface area contributed by atoms with E-state index < -0.39 is 10.2 Å². The minimum atomic E-state index is -3.39. The first-order valence-electron chi connectivity index (χ1n) is 8.45. The lowest BCUT2D eigenvalue weighted by Gasteiger charge is -2.33. The van der Waals surface area contributed by atoms with Crippen LogP contribution in [-0.4, -0.2) is 64.0 Å². The molecule has 1 saturated heterocycles. The number of hydrogen-bond acceptors (Lipinski definition) is 5. The Labute approximate surface area is 148 Å². The summed E-state index contributed by atoms with van der Waals surface area (Å²) >= 11 is 0. The van der Waals surface area contributed by atoms with E-state index in [1.807, 2.05) is 17.7 Å². The van der Waals surface area contributed by atoms with E-state index in [1.165, 1.54) is 8.61 Å². The molecule has 0 bridgehead atoms. The number of nitrogens with zero attached hydrogens (tertiary/aromatic N) is 6. The average Bonchev–Trinajstić information content (AvgIpc) is 3.10. The summed E-state index contributed by atoms with van der Waals surface area (Å²) in [7, 11) is -0.267. The van der Waals surface area contributed by atoms with Gasteiger partial charge in [0.05, 0.1) is 17.6 Å². The van der Waals surface area contributed by atoms with Crippen LogP contribution >= 0.6 is 0 Å². The molecule has 2 aromatic rings. The highest BCUT2D eigenvalue weighted by molar-refractivity contribution is 7.86. The first-order chi connectivity index (χ1) is 11.9. The summed E-state index contributed by atoms with van der Waals surface area (Å²) in [5, 5.41) is 4.25. The molecular weight excluding hydrogens is 340 g/mol. The Balaban J connectivity index is 1.78. The SMILES string of the molecule is CCn1nccc1-c1cnc([C@H]2CCCN(S(=O)(=O)N(C)C)C2)cn1. The van der Waals surface area contributed by atoms with E-state index in [-0.39, 0.29) is 5.92 Å². The summed E-state index contributed by atoms with van der Waals surface area (Å²) in [6, 6.07) is 1.92. The molecule has 2 aromatic heterocycles. The molecule has 1 aliphatic heterocycles. The molecule has 0 radical (unpaired) electrons. The fraction of sp³-hybridized carbons (Fsp3) is 0.562. The number of piperidine rings is 1. The van der Waals surface area contributed by atoms with Crippen LogP contribution in [0.15, 0.2) is 24.7 Å². The van der Waals surface area contributed by atoms with Gasteiger partial charge < -0.3 is 0 Å². The monoisotopic (exact) mass is 364 g/mol. The molecular formula is C16H24N6O2S. The van der Waals surface area contributed by atoms with Gasteiger partial charge in [0.25, 0.3) is 10.2 Å². The molecule has 1 atom stereocenters. The quantitative estimate of drug-likeness (QED) is 0.799. The fourth-order valence-electron chi connectivity index (χ4n) is 3.11. The van der Waals surface area contributed by atoms with E-state index in [4.69, 9.17) is 0 Å². The van der Waals surface area contributed by atoms with E-state index in [2.05, 4.69) is 15.1 Å². The second-order valence-electron chi connectivity index (χ2n) is 6.35. The maximum atomic E-state index is 12.3. The van der Waals surface area contributed by atoms with Crippen LogP contribution in [0.3, 0.4) is 0 Å². The van der Waals surface area contributed by atoms with Gasteiger partial charge in [0.2, 0.25) is 0 Å². The van der Waals surface area contributed by atoms with Crippen molar-refractivity contribution < 1.29 is 8.42 Å². The minimum Gasteiger partial charge on any atom is -0.264 e. The Morgan fingerprint density at radius 3 is 2.72 bits per heavy atom. The van der Waals surface area contributed by atoms with Crippen molar-refractivity contribution in [2.24, 2.45) is 0 Å². The summed E-state index contributed by atoms with van der Waals surface area (Å²) in [6.07, 6.45) is 7.00. The third-order valence-electron chi connectivity index (χ3n) is 4.54. The Morgan fingerprint density at radius 1 is 1.28 bits per heavy atom. The van der Waals surface area contributed by atoms with Crippen molar-refractivity contribution in [3.63, 3.8) is 0 Å². The molecule has 0 spiro atoms. The van der Waals surface area contributed by atoms with Crippen LogP contribution in [0.4, 0.5) is 0 Å². The summed E-state index contributed by atoms with van der Waals surface area (Å²) in [4.78, 5) is 9.08. The Hall–Kier alpha value is -1.84. The highest BCUT2D eigenvalue weighted by Gasteiger charge is 2.31. The fourth-order valence-corrected chi connectivity index (χ4v) is 4.30. The van der Waals surface area contributed by atoms with Gasteiger partial charge in [0.1, 0.15) is 5.69 Å². The predicted octanol–water partition coefficient (Wildman–Crippen LogP) is 1.35. The van der Waals surface area contributed by atoms with Crippen LogP contribution in [-0.2, 0) is 16.8 Å².